The van der Waals surface area contributed by atoms with E-state index in [2.05, 4.69) is 31.5 Å². The highest BCUT2D eigenvalue weighted by Gasteiger charge is 2.44. The Hall–Kier alpha value is -4.05. The molecule has 38 heavy (non-hydrogen) atoms. The lowest BCUT2D eigenvalue weighted by Gasteiger charge is -2.16. The molecule has 2 N–H and O–H groups in total. The number of ether oxygens (including phenoxy) is 1. The molecule has 10 heteroatoms. The third-order valence-electron chi connectivity index (χ3n) is 6.53. The third kappa shape index (κ3) is 5.17. The van der Waals surface area contributed by atoms with Crippen LogP contribution in [0.3, 0.4) is 0 Å². The summed E-state index contributed by atoms with van der Waals surface area (Å²) in [5.41, 5.74) is 1.46. The maximum absolute atomic E-state index is 15.2. The van der Waals surface area contributed by atoms with Crippen LogP contribution in [-0.2, 0) is 7.05 Å². The van der Waals surface area contributed by atoms with Crippen molar-refractivity contribution in [2.45, 2.75) is 31.7 Å². The number of esters is 1. The van der Waals surface area contributed by atoms with E-state index < -0.39 is 29.8 Å². The van der Waals surface area contributed by atoms with Gasteiger partial charge < -0.3 is 14.6 Å². The summed E-state index contributed by atoms with van der Waals surface area (Å²) >= 11 is 3.29. The lowest BCUT2D eigenvalue weighted by atomic mass is 9.99. The van der Waals surface area contributed by atoms with Crippen molar-refractivity contribution in [2.24, 2.45) is 7.05 Å². The highest BCUT2D eigenvalue weighted by Crippen LogP contribution is 2.47. The Morgan fingerprint density at radius 2 is 1.97 bits per heavy atom. The molecule has 1 saturated carbocycles. The van der Waals surface area contributed by atoms with Crippen molar-refractivity contribution in [2.75, 3.05) is 5.32 Å². The number of anilines is 1. The van der Waals surface area contributed by atoms with Crippen molar-refractivity contribution >= 4 is 50.4 Å². The van der Waals surface area contributed by atoms with E-state index in [-0.39, 0.29) is 34.6 Å². The first-order valence-electron chi connectivity index (χ1n) is 12.1. The predicted octanol–water partition coefficient (Wildman–Crippen LogP) is 5.96. The van der Waals surface area contributed by atoms with Gasteiger partial charge in [0.2, 0.25) is 0 Å². The molecule has 2 aromatic heterocycles. The number of urea groups is 1. The van der Waals surface area contributed by atoms with Crippen LogP contribution in [0.2, 0.25) is 0 Å². The number of halogens is 2. The number of pyridine rings is 1. The largest absolute Gasteiger partial charge is 0.422 e. The van der Waals surface area contributed by atoms with Gasteiger partial charge in [0, 0.05) is 58.8 Å². The second-order valence-electron chi connectivity index (χ2n) is 9.11. The number of aromatic nitrogens is 2. The van der Waals surface area contributed by atoms with Crippen LogP contribution in [-0.4, -0.2) is 33.4 Å². The van der Waals surface area contributed by atoms with Gasteiger partial charge in [0.15, 0.2) is 5.78 Å². The summed E-state index contributed by atoms with van der Waals surface area (Å²) in [5, 5.41) is 6.28. The van der Waals surface area contributed by atoms with Gasteiger partial charge in [-0.2, -0.15) is 0 Å². The number of aryl methyl sites for hydroxylation is 1. The number of amides is 2. The summed E-state index contributed by atoms with van der Waals surface area (Å²) in [4.78, 5) is 42.5. The normalized spacial score (nSPS) is 16.2. The van der Waals surface area contributed by atoms with Gasteiger partial charge >= 0.3 is 12.0 Å². The minimum atomic E-state index is -0.697. The standard InChI is InChI=1S/C28H24BrFN4O4/c1-3-23(35)18-6-7-20(30)25(19-13-21(19)32-28(37)33-24-9-5-17(29)14-31-24)26(18)38-27(36)16-4-8-22-15(12-16)10-11-34(22)2/h4-12,14,19,21H,3,13H2,1-2H3,(H2,31,32,33,37). The molecule has 0 radical (unpaired) electrons. The topological polar surface area (TPSA) is 102 Å². The Bertz CT molecular complexity index is 1570. The van der Waals surface area contributed by atoms with E-state index in [9.17, 15) is 14.4 Å². The smallest absolute Gasteiger partial charge is 0.343 e. The van der Waals surface area contributed by atoms with Gasteiger partial charge in [-0.05, 0) is 70.9 Å². The quantitative estimate of drug-likeness (QED) is 0.160. The Morgan fingerprint density at radius 1 is 1.16 bits per heavy atom. The number of nitrogens with one attached hydrogen (secondary N) is 2. The Balaban J connectivity index is 1.39. The first-order chi connectivity index (χ1) is 18.2. The van der Waals surface area contributed by atoms with Crippen LogP contribution in [0.4, 0.5) is 15.0 Å². The molecule has 194 valence electrons. The Labute approximate surface area is 226 Å². The van der Waals surface area contributed by atoms with Gasteiger partial charge in [-0.15, -0.1) is 0 Å². The minimum Gasteiger partial charge on any atom is -0.422 e. The van der Waals surface area contributed by atoms with Crippen molar-refractivity contribution in [1.29, 1.82) is 0 Å². The average Bonchev–Trinajstić information content (AvgIpc) is 3.55. The van der Waals surface area contributed by atoms with Crippen molar-refractivity contribution in [3.8, 4) is 5.75 Å². The van der Waals surface area contributed by atoms with Crippen LogP contribution in [0, 0.1) is 5.82 Å². The lowest BCUT2D eigenvalue weighted by molar-refractivity contribution is 0.0730. The molecule has 1 aliphatic carbocycles. The van der Waals surface area contributed by atoms with Gasteiger partial charge in [-0.1, -0.05) is 6.92 Å². The third-order valence-corrected chi connectivity index (χ3v) is 7.00. The van der Waals surface area contributed by atoms with Crippen molar-refractivity contribution < 1.29 is 23.5 Å². The highest BCUT2D eigenvalue weighted by molar-refractivity contribution is 9.10. The molecule has 1 fully saturated rings. The van der Waals surface area contributed by atoms with E-state index in [1.54, 1.807) is 43.5 Å². The number of nitrogens with zero attached hydrogens (tertiary/aromatic N) is 2. The van der Waals surface area contributed by atoms with Crippen LogP contribution in [0.15, 0.2) is 65.4 Å². The zero-order chi connectivity index (χ0) is 27.0. The molecule has 2 amide bonds. The summed E-state index contributed by atoms with van der Waals surface area (Å²) in [6.45, 7) is 1.68. The van der Waals surface area contributed by atoms with E-state index in [0.29, 0.717) is 12.2 Å². The van der Waals surface area contributed by atoms with E-state index >= 15 is 4.39 Å². The summed E-state index contributed by atoms with van der Waals surface area (Å²) < 4.78 is 23.6. The fourth-order valence-electron chi connectivity index (χ4n) is 4.45. The highest BCUT2D eigenvalue weighted by atomic mass is 79.9. The number of benzene rings is 2. The number of carbonyl (C=O) groups excluding carboxylic acids is 3. The maximum atomic E-state index is 15.2. The van der Waals surface area contributed by atoms with Crippen LogP contribution in [0.5, 0.6) is 5.75 Å². The summed E-state index contributed by atoms with van der Waals surface area (Å²) in [7, 11) is 1.90. The minimum absolute atomic E-state index is 0.0979. The lowest BCUT2D eigenvalue weighted by Crippen LogP contribution is -2.31. The summed E-state index contributed by atoms with van der Waals surface area (Å²) in [6, 6.07) is 12.0. The molecule has 1 aliphatic rings. The number of Topliss-reactive ketones (excluding diaryl/α,β-unsaturated/α-hetero) is 1. The van der Waals surface area contributed by atoms with Crippen molar-refractivity contribution in [3.05, 3.63) is 87.9 Å². The second-order valence-corrected chi connectivity index (χ2v) is 10.0. The second kappa shape index (κ2) is 10.4. The molecule has 8 nitrogen and oxygen atoms in total. The number of hydrogen-bond donors (Lipinski definition) is 2. The number of hydrogen-bond acceptors (Lipinski definition) is 5. The average molecular weight is 579 g/mol. The first-order valence-corrected chi connectivity index (χ1v) is 12.9. The number of ketones is 1. The Kier molecular flexibility index (Phi) is 6.98. The summed E-state index contributed by atoms with van der Waals surface area (Å²) in [5.74, 6) is -1.80. The Morgan fingerprint density at radius 3 is 2.71 bits per heavy atom. The SMILES string of the molecule is CCC(=O)c1ccc(F)c(C2CC2NC(=O)Nc2ccc(Br)cn2)c1OC(=O)c1ccc2c(ccn2C)c1. The van der Waals surface area contributed by atoms with Gasteiger partial charge in [-0.3, -0.25) is 10.1 Å². The number of fused-ring (bicyclic) bond motifs is 1. The molecule has 4 aromatic rings. The van der Waals surface area contributed by atoms with Gasteiger partial charge in [0.05, 0.1) is 11.1 Å². The van der Waals surface area contributed by atoms with E-state index in [0.717, 1.165) is 15.4 Å². The van der Waals surface area contributed by atoms with Crippen molar-refractivity contribution in [3.63, 3.8) is 0 Å². The molecule has 0 saturated heterocycles. The van der Waals surface area contributed by atoms with Crippen LogP contribution in [0.1, 0.15) is 52.0 Å². The molecule has 2 unspecified atom stereocenters. The molecule has 2 aromatic carbocycles. The fraction of sp³-hybridized carbons (Fsp3) is 0.214. The van der Waals surface area contributed by atoms with Gasteiger partial charge in [0.25, 0.3) is 0 Å². The van der Waals surface area contributed by atoms with E-state index in [1.807, 2.05) is 23.9 Å². The molecule has 2 heterocycles. The monoisotopic (exact) mass is 578 g/mol. The molecular formula is C28H24BrFN4O4. The van der Waals surface area contributed by atoms with Crippen LogP contribution in [0.25, 0.3) is 10.9 Å². The molecular weight excluding hydrogens is 555 g/mol. The molecule has 5 rings (SSSR count). The zero-order valence-electron chi connectivity index (χ0n) is 20.6. The molecule has 0 spiro atoms. The van der Waals surface area contributed by atoms with Crippen LogP contribution >= 0.6 is 15.9 Å². The number of rotatable bonds is 7. The molecule has 0 aliphatic heterocycles. The van der Waals surface area contributed by atoms with Gasteiger partial charge in [-0.25, -0.2) is 19.0 Å². The zero-order valence-corrected chi connectivity index (χ0v) is 22.2. The summed E-state index contributed by atoms with van der Waals surface area (Å²) in [6.07, 6.45) is 4.01. The fourth-order valence-corrected chi connectivity index (χ4v) is 4.68. The van der Waals surface area contributed by atoms with E-state index in [4.69, 9.17) is 4.74 Å². The maximum Gasteiger partial charge on any atom is 0.343 e. The number of carbonyl (C=O) groups is 3. The first kappa shape index (κ1) is 25.6. The molecule has 2 atom stereocenters. The predicted molar refractivity (Wildman–Crippen MR) is 144 cm³/mol. The van der Waals surface area contributed by atoms with E-state index in [1.165, 1.54) is 12.1 Å². The molecule has 0 bridgehead atoms. The van der Waals surface area contributed by atoms with Gasteiger partial charge in [0.1, 0.15) is 17.4 Å². The van der Waals surface area contributed by atoms with Crippen LogP contribution < -0.4 is 15.4 Å². The van der Waals surface area contributed by atoms with Crippen molar-refractivity contribution in [1.82, 2.24) is 14.9 Å².